The van der Waals surface area contributed by atoms with Crippen molar-refractivity contribution < 1.29 is 9.59 Å². The average molecular weight is 521 g/mol. The Kier molecular flexibility index (Phi) is 6.33. The molecule has 0 saturated heterocycles. The van der Waals surface area contributed by atoms with Gasteiger partial charge in [0.05, 0.1) is 12.1 Å². The van der Waals surface area contributed by atoms with Crippen molar-refractivity contribution in [1.29, 1.82) is 0 Å². The predicted molar refractivity (Wildman–Crippen MR) is 145 cm³/mol. The summed E-state index contributed by atoms with van der Waals surface area (Å²) in [6, 6.07) is 11.0. The van der Waals surface area contributed by atoms with E-state index >= 15 is 0 Å². The minimum absolute atomic E-state index is 0.196. The molecule has 4 saturated carbocycles. The molecule has 2 amide bonds. The van der Waals surface area contributed by atoms with Gasteiger partial charge in [0, 0.05) is 27.8 Å². The fraction of sp³-hybridized carbons (Fsp3) is 0.464. The highest BCUT2D eigenvalue weighted by Crippen LogP contribution is 2.60. The number of carbonyl (C=O) groups is 2. The Hall–Kier alpha value is -2.71. The van der Waals surface area contributed by atoms with Crippen LogP contribution in [0.15, 0.2) is 47.2 Å². The minimum atomic E-state index is -0.738. The number of rotatable bonds is 9. The number of hydrogen-bond donors (Lipinski definition) is 3. The van der Waals surface area contributed by atoms with Crippen molar-refractivity contribution in [3.05, 3.63) is 63.3 Å². The second kappa shape index (κ2) is 9.63. The first-order chi connectivity index (χ1) is 17.4. The number of amides is 2. The molecule has 36 heavy (non-hydrogen) atoms. The Balaban J connectivity index is 1.07. The third-order valence-corrected chi connectivity index (χ3v) is 9.96. The molecule has 4 bridgehead atoms. The molecule has 4 aliphatic carbocycles. The van der Waals surface area contributed by atoms with Gasteiger partial charge in [0.15, 0.2) is 5.13 Å². The van der Waals surface area contributed by atoms with E-state index in [1.807, 2.05) is 41.8 Å². The topological polar surface area (TPSA) is 97.1 Å². The largest absolute Gasteiger partial charge is 0.368 e. The molecule has 4 aliphatic rings. The van der Waals surface area contributed by atoms with E-state index in [0.717, 1.165) is 39.0 Å². The molecule has 6 nitrogen and oxygen atoms in total. The van der Waals surface area contributed by atoms with E-state index in [9.17, 15) is 9.59 Å². The molecular formula is C28H32N4O2S2. The molecule has 0 unspecified atom stereocenters. The molecule has 0 radical (unpaired) electrons. The summed E-state index contributed by atoms with van der Waals surface area (Å²) in [4.78, 5) is 30.3. The van der Waals surface area contributed by atoms with Gasteiger partial charge in [0.2, 0.25) is 11.8 Å². The van der Waals surface area contributed by atoms with Crippen molar-refractivity contribution in [2.75, 3.05) is 5.32 Å². The van der Waals surface area contributed by atoms with Crippen LogP contribution in [0.4, 0.5) is 10.8 Å². The van der Waals surface area contributed by atoms with Gasteiger partial charge in [-0.05, 0) is 85.4 Å². The first-order valence-electron chi connectivity index (χ1n) is 12.9. The lowest BCUT2D eigenvalue weighted by Gasteiger charge is -2.56. The smallest absolute Gasteiger partial charge is 0.240 e. The third-order valence-electron chi connectivity index (χ3n) is 8.32. The van der Waals surface area contributed by atoms with E-state index in [0.29, 0.717) is 11.8 Å². The number of benzene rings is 1. The number of carbonyl (C=O) groups excluding carboxylic acids is 2. The van der Waals surface area contributed by atoms with Gasteiger partial charge in [0.25, 0.3) is 0 Å². The van der Waals surface area contributed by atoms with Crippen LogP contribution in [0.2, 0.25) is 0 Å². The maximum Gasteiger partial charge on any atom is 0.240 e. The van der Waals surface area contributed by atoms with Crippen LogP contribution in [0.3, 0.4) is 0 Å². The lowest BCUT2D eigenvalue weighted by atomic mass is 9.49. The fourth-order valence-corrected chi connectivity index (χ4v) is 8.68. The number of anilines is 2. The van der Waals surface area contributed by atoms with Crippen LogP contribution in [0.5, 0.6) is 0 Å². The lowest BCUT2D eigenvalue weighted by Crippen LogP contribution is -2.48. The van der Waals surface area contributed by atoms with Crippen LogP contribution >= 0.6 is 22.7 Å². The van der Waals surface area contributed by atoms with E-state index in [-0.39, 0.29) is 12.3 Å². The summed E-state index contributed by atoms with van der Waals surface area (Å²) in [5.41, 5.74) is 9.09. The number of primary amides is 1. The summed E-state index contributed by atoms with van der Waals surface area (Å²) in [6.07, 6.45) is 8.90. The van der Waals surface area contributed by atoms with Gasteiger partial charge >= 0.3 is 0 Å². The van der Waals surface area contributed by atoms with Crippen LogP contribution in [0, 0.1) is 17.8 Å². The molecule has 2 aromatic heterocycles. The Morgan fingerprint density at radius 2 is 1.72 bits per heavy atom. The van der Waals surface area contributed by atoms with Crippen LogP contribution < -0.4 is 16.4 Å². The Morgan fingerprint density at radius 1 is 1.03 bits per heavy atom. The number of aromatic nitrogens is 1. The summed E-state index contributed by atoms with van der Waals surface area (Å²) in [7, 11) is 0. The van der Waals surface area contributed by atoms with Crippen LogP contribution in [0.25, 0.3) is 0 Å². The zero-order chi connectivity index (χ0) is 24.7. The quantitative estimate of drug-likeness (QED) is 0.363. The molecule has 188 valence electrons. The van der Waals surface area contributed by atoms with E-state index in [4.69, 9.17) is 10.7 Å². The highest BCUT2D eigenvalue weighted by Gasteiger charge is 2.52. The second-order valence-electron chi connectivity index (χ2n) is 11.0. The summed E-state index contributed by atoms with van der Waals surface area (Å²) < 4.78 is 0. The first-order valence-corrected chi connectivity index (χ1v) is 14.6. The van der Waals surface area contributed by atoms with Crippen LogP contribution in [-0.4, -0.2) is 22.8 Å². The molecular weight excluding hydrogens is 488 g/mol. The van der Waals surface area contributed by atoms with Gasteiger partial charge in [0.1, 0.15) is 6.04 Å². The molecule has 8 heteroatoms. The lowest BCUT2D eigenvalue weighted by molar-refractivity contribution is -0.126. The number of nitrogens with zero attached hydrogens (tertiary/aromatic N) is 1. The monoisotopic (exact) mass is 520 g/mol. The number of hydrogen-bond acceptors (Lipinski definition) is 6. The average Bonchev–Trinajstić information content (AvgIpc) is 3.51. The van der Waals surface area contributed by atoms with Crippen molar-refractivity contribution in [2.24, 2.45) is 23.5 Å². The van der Waals surface area contributed by atoms with Gasteiger partial charge < -0.3 is 16.4 Å². The summed E-state index contributed by atoms with van der Waals surface area (Å²) in [6.45, 7) is 0. The maximum atomic E-state index is 12.3. The van der Waals surface area contributed by atoms with Crippen molar-refractivity contribution in [3.63, 3.8) is 0 Å². The van der Waals surface area contributed by atoms with Gasteiger partial charge in [-0.3, -0.25) is 9.59 Å². The molecule has 4 fully saturated rings. The van der Waals surface area contributed by atoms with Gasteiger partial charge in [-0.15, -0.1) is 22.7 Å². The van der Waals surface area contributed by atoms with Crippen molar-refractivity contribution in [2.45, 2.75) is 62.8 Å². The van der Waals surface area contributed by atoms with Crippen molar-refractivity contribution >= 4 is 45.3 Å². The Labute approximate surface area is 219 Å². The molecule has 7 rings (SSSR count). The predicted octanol–water partition coefficient (Wildman–Crippen LogP) is 5.17. The van der Waals surface area contributed by atoms with Crippen molar-refractivity contribution in [3.8, 4) is 0 Å². The third kappa shape index (κ3) is 4.93. The molecule has 2 heterocycles. The van der Waals surface area contributed by atoms with E-state index in [1.165, 1.54) is 55.6 Å². The maximum absolute atomic E-state index is 12.3. The summed E-state index contributed by atoms with van der Waals surface area (Å²) in [5, 5.41) is 11.4. The Morgan fingerprint density at radius 3 is 2.33 bits per heavy atom. The van der Waals surface area contributed by atoms with Crippen molar-refractivity contribution in [1.82, 2.24) is 10.3 Å². The molecule has 1 aromatic carbocycles. The number of nitrogens with one attached hydrogen (secondary N) is 2. The highest BCUT2D eigenvalue weighted by atomic mass is 32.1. The second-order valence-corrected chi connectivity index (χ2v) is 12.9. The molecule has 0 spiro atoms. The standard InChI is InChI=1S/C28H32N4O2S2/c29-26(34)23(31-25(33)12-22-2-1-7-35-22)11-17-3-5-21(6-4-17)30-27-32-24(16-36-27)28-13-18-8-19(14-28)10-20(9-18)15-28/h1-7,16,18-20,23H,8-15H2,(H2,29,34)(H,30,32)(H,31,33)/t18?,19?,20?,23-,28?/m0/s1. The molecule has 1 atom stereocenters. The Bertz CT molecular complexity index is 1200. The summed E-state index contributed by atoms with van der Waals surface area (Å²) in [5.74, 6) is 2.00. The van der Waals surface area contributed by atoms with Gasteiger partial charge in [-0.25, -0.2) is 4.98 Å². The van der Waals surface area contributed by atoms with E-state index in [2.05, 4.69) is 16.0 Å². The summed E-state index contributed by atoms with van der Waals surface area (Å²) >= 11 is 3.21. The molecule has 3 aromatic rings. The SMILES string of the molecule is NC(=O)[C@H](Cc1ccc(Nc2nc(C34CC5CC(CC(C5)C3)C4)cs2)cc1)NC(=O)Cc1cccs1. The number of thiazole rings is 1. The van der Waals surface area contributed by atoms with E-state index in [1.54, 1.807) is 11.3 Å². The highest BCUT2D eigenvalue weighted by molar-refractivity contribution is 7.13. The zero-order valence-corrected chi connectivity index (χ0v) is 21.9. The zero-order valence-electron chi connectivity index (χ0n) is 20.2. The van der Waals surface area contributed by atoms with Gasteiger partial charge in [-0.2, -0.15) is 0 Å². The van der Waals surface area contributed by atoms with Crippen LogP contribution in [-0.2, 0) is 27.8 Å². The van der Waals surface area contributed by atoms with Gasteiger partial charge in [-0.1, -0.05) is 18.2 Å². The number of nitrogens with two attached hydrogens (primary N) is 1. The normalized spacial score (nSPS) is 27.1. The first kappa shape index (κ1) is 23.7. The van der Waals surface area contributed by atoms with E-state index < -0.39 is 11.9 Å². The fourth-order valence-electron chi connectivity index (χ4n) is 7.12. The minimum Gasteiger partial charge on any atom is -0.368 e. The number of thiophene rings is 1. The molecule has 4 N–H and O–H groups in total. The van der Waals surface area contributed by atoms with Crippen LogP contribution in [0.1, 0.15) is 54.7 Å². The molecule has 0 aliphatic heterocycles.